The Bertz CT molecular complexity index is 246. The lowest BCUT2D eigenvalue weighted by molar-refractivity contribution is -0.0724. The van der Waals surface area contributed by atoms with Gasteiger partial charge in [0.05, 0.1) is 5.60 Å². The van der Waals surface area contributed by atoms with E-state index in [9.17, 15) is 5.11 Å². The van der Waals surface area contributed by atoms with Gasteiger partial charge in [-0.3, -0.25) is 0 Å². The molecule has 1 aliphatic rings. The van der Waals surface area contributed by atoms with Gasteiger partial charge >= 0.3 is 0 Å². The highest BCUT2D eigenvalue weighted by molar-refractivity contribution is 4.99. The van der Waals surface area contributed by atoms with E-state index in [4.69, 9.17) is 0 Å². The second-order valence-corrected chi connectivity index (χ2v) is 5.52. The number of hydrogen-bond donors (Lipinski definition) is 1. The molecule has 0 aliphatic heterocycles. The van der Waals surface area contributed by atoms with Crippen molar-refractivity contribution < 1.29 is 5.11 Å². The van der Waals surface area contributed by atoms with E-state index < -0.39 is 5.60 Å². The normalized spacial score (nSPS) is 33.3. The molecule has 0 amide bonds. The molecule has 1 N–H and O–H groups in total. The van der Waals surface area contributed by atoms with Crippen molar-refractivity contribution >= 4 is 0 Å². The van der Waals surface area contributed by atoms with Crippen molar-refractivity contribution in [2.24, 2.45) is 11.8 Å². The third-order valence-corrected chi connectivity index (χ3v) is 4.29. The van der Waals surface area contributed by atoms with Gasteiger partial charge in [0.15, 0.2) is 0 Å². The van der Waals surface area contributed by atoms with Crippen LogP contribution in [0, 0.1) is 11.8 Å². The summed E-state index contributed by atoms with van der Waals surface area (Å²) in [5.41, 5.74) is -0.521. The first kappa shape index (κ1) is 14.5. The summed E-state index contributed by atoms with van der Waals surface area (Å²) in [4.78, 5) is 0. The van der Waals surface area contributed by atoms with Gasteiger partial charge in [-0.15, -0.1) is 13.2 Å². The number of rotatable bonds is 7. The van der Waals surface area contributed by atoms with Crippen LogP contribution in [0.3, 0.4) is 0 Å². The summed E-state index contributed by atoms with van der Waals surface area (Å²) < 4.78 is 0. The summed E-state index contributed by atoms with van der Waals surface area (Å²) in [5, 5.41) is 10.8. The van der Waals surface area contributed by atoms with E-state index in [0.717, 1.165) is 25.7 Å². The molecule has 17 heavy (non-hydrogen) atoms. The van der Waals surface area contributed by atoms with E-state index in [0.29, 0.717) is 11.8 Å². The SMILES string of the molecule is C=CC[C@@H]1[C@@H](CCCC)CCC[C@@]1(O)CC=C. The molecule has 0 spiro atoms. The van der Waals surface area contributed by atoms with E-state index in [1.165, 1.54) is 25.7 Å². The topological polar surface area (TPSA) is 20.2 Å². The highest BCUT2D eigenvalue weighted by Crippen LogP contribution is 2.44. The molecule has 0 heterocycles. The maximum Gasteiger partial charge on any atom is 0.0715 e. The average molecular weight is 236 g/mol. The molecule has 1 rings (SSSR count). The minimum atomic E-state index is -0.521. The average Bonchev–Trinajstić information content (AvgIpc) is 2.30. The van der Waals surface area contributed by atoms with Gasteiger partial charge in [-0.05, 0) is 37.5 Å². The maximum absolute atomic E-state index is 10.8. The zero-order valence-electron chi connectivity index (χ0n) is 11.3. The lowest BCUT2D eigenvalue weighted by atomic mass is 9.65. The Hall–Kier alpha value is -0.560. The third kappa shape index (κ3) is 3.70. The van der Waals surface area contributed by atoms with Crippen LogP contribution < -0.4 is 0 Å². The first-order chi connectivity index (χ1) is 8.18. The van der Waals surface area contributed by atoms with Crippen molar-refractivity contribution in [2.75, 3.05) is 0 Å². The fraction of sp³-hybridized carbons (Fsp3) is 0.750. The Morgan fingerprint density at radius 1 is 1.35 bits per heavy atom. The number of allylic oxidation sites excluding steroid dienone is 1. The second-order valence-electron chi connectivity index (χ2n) is 5.52. The van der Waals surface area contributed by atoms with Crippen LogP contribution in [0.5, 0.6) is 0 Å². The van der Waals surface area contributed by atoms with Crippen molar-refractivity contribution in [3.05, 3.63) is 25.3 Å². The molecule has 0 aromatic heterocycles. The van der Waals surface area contributed by atoms with Crippen molar-refractivity contribution in [3.8, 4) is 0 Å². The monoisotopic (exact) mass is 236 g/mol. The van der Waals surface area contributed by atoms with Gasteiger partial charge in [-0.25, -0.2) is 0 Å². The van der Waals surface area contributed by atoms with Crippen molar-refractivity contribution in [1.29, 1.82) is 0 Å². The zero-order valence-corrected chi connectivity index (χ0v) is 11.3. The van der Waals surface area contributed by atoms with Crippen LogP contribution in [0.25, 0.3) is 0 Å². The molecule has 1 aliphatic carbocycles. The summed E-state index contributed by atoms with van der Waals surface area (Å²) >= 11 is 0. The Kier molecular flexibility index (Phi) is 5.97. The van der Waals surface area contributed by atoms with Crippen molar-refractivity contribution in [3.63, 3.8) is 0 Å². The Morgan fingerprint density at radius 3 is 2.71 bits per heavy atom. The fourth-order valence-corrected chi connectivity index (χ4v) is 3.40. The predicted octanol–water partition coefficient (Wildman–Crippen LogP) is 4.48. The van der Waals surface area contributed by atoms with Crippen LogP contribution in [-0.4, -0.2) is 10.7 Å². The third-order valence-electron chi connectivity index (χ3n) is 4.29. The van der Waals surface area contributed by atoms with Gasteiger partial charge in [-0.2, -0.15) is 0 Å². The molecule has 3 atom stereocenters. The molecule has 98 valence electrons. The summed E-state index contributed by atoms with van der Waals surface area (Å²) in [5.74, 6) is 1.06. The number of aliphatic hydroxyl groups is 1. The molecule has 1 fully saturated rings. The molecule has 1 saturated carbocycles. The predicted molar refractivity (Wildman–Crippen MR) is 74.9 cm³/mol. The van der Waals surface area contributed by atoms with Gasteiger partial charge in [0.25, 0.3) is 0 Å². The molecule has 0 aromatic rings. The van der Waals surface area contributed by atoms with Gasteiger partial charge in [0.2, 0.25) is 0 Å². The summed E-state index contributed by atoms with van der Waals surface area (Å²) in [6, 6.07) is 0. The molecule has 0 bridgehead atoms. The summed E-state index contributed by atoms with van der Waals surface area (Å²) in [7, 11) is 0. The van der Waals surface area contributed by atoms with Gasteiger partial charge < -0.3 is 5.11 Å². The molecule has 0 aromatic carbocycles. The van der Waals surface area contributed by atoms with Crippen LogP contribution in [-0.2, 0) is 0 Å². The van der Waals surface area contributed by atoms with Crippen LogP contribution in [0.1, 0.15) is 58.3 Å². The smallest absolute Gasteiger partial charge is 0.0715 e. The molecule has 0 unspecified atom stereocenters. The Labute approximate surface area is 107 Å². The minimum Gasteiger partial charge on any atom is -0.389 e. The van der Waals surface area contributed by atoms with E-state index in [-0.39, 0.29) is 0 Å². The number of hydrogen-bond acceptors (Lipinski definition) is 1. The molecule has 1 heteroatoms. The first-order valence-electron chi connectivity index (χ1n) is 7.12. The van der Waals surface area contributed by atoms with E-state index in [1.54, 1.807) is 0 Å². The number of unbranched alkanes of at least 4 members (excludes halogenated alkanes) is 1. The maximum atomic E-state index is 10.8. The zero-order chi connectivity index (χ0) is 12.7. The van der Waals surface area contributed by atoms with Crippen LogP contribution >= 0.6 is 0 Å². The fourth-order valence-electron chi connectivity index (χ4n) is 3.40. The largest absolute Gasteiger partial charge is 0.389 e. The Balaban J connectivity index is 2.75. The van der Waals surface area contributed by atoms with Gasteiger partial charge in [0.1, 0.15) is 0 Å². The van der Waals surface area contributed by atoms with E-state index in [2.05, 4.69) is 20.1 Å². The van der Waals surface area contributed by atoms with Gasteiger partial charge in [-0.1, -0.05) is 44.8 Å². The molecule has 0 radical (unpaired) electrons. The molecule has 0 saturated heterocycles. The van der Waals surface area contributed by atoms with E-state index in [1.807, 2.05) is 12.2 Å². The standard InChI is InChI=1S/C16H28O/c1-4-7-10-14-11-8-13-16(17,12-6-3)15(14)9-5-2/h5-6,14-15,17H,2-4,7-13H2,1H3/t14-,15+,16-/m0/s1. The Morgan fingerprint density at radius 2 is 2.12 bits per heavy atom. The lowest BCUT2D eigenvalue weighted by Gasteiger charge is -2.44. The lowest BCUT2D eigenvalue weighted by Crippen LogP contribution is -2.44. The first-order valence-corrected chi connectivity index (χ1v) is 7.12. The molecular weight excluding hydrogens is 208 g/mol. The van der Waals surface area contributed by atoms with E-state index >= 15 is 0 Å². The van der Waals surface area contributed by atoms with Crippen LogP contribution in [0.15, 0.2) is 25.3 Å². The summed E-state index contributed by atoms with van der Waals surface area (Å²) in [6.07, 6.45) is 12.7. The van der Waals surface area contributed by atoms with Crippen molar-refractivity contribution in [2.45, 2.75) is 63.9 Å². The highest BCUT2D eigenvalue weighted by atomic mass is 16.3. The van der Waals surface area contributed by atoms with Gasteiger partial charge in [0, 0.05) is 0 Å². The minimum absolute atomic E-state index is 0.387. The molecule has 1 nitrogen and oxygen atoms in total. The summed E-state index contributed by atoms with van der Waals surface area (Å²) in [6.45, 7) is 9.89. The highest BCUT2D eigenvalue weighted by Gasteiger charge is 2.41. The van der Waals surface area contributed by atoms with Crippen molar-refractivity contribution in [1.82, 2.24) is 0 Å². The molecular formula is C16H28O. The van der Waals surface area contributed by atoms with Crippen LogP contribution in [0.2, 0.25) is 0 Å². The second kappa shape index (κ2) is 7.00. The van der Waals surface area contributed by atoms with Crippen LogP contribution in [0.4, 0.5) is 0 Å². The quantitative estimate of drug-likeness (QED) is 0.646.